The van der Waals surface area contributed by atoms with Crippen molar-refractivity contribution in [1.82, 2.24) is 14.8 Å². The number of benzene rings is 1. The van der Waals surface area contributed by atoms with Crippen molar-refractivity contribution < 1.29 is 14.6 Å². The zero-order valence-corrected chi connectivity index (χ0v) is 12.9. The van der Waals surface area contributed by atoms with Crippen LogP contribution in [0, 0.1) is 6.92 Å². The predicted octanol–water partition coefficient (Wildman–Crippen LogP) is 2.27. The van der Waals surface area contributed by atoms with E-state index in [4.69, 9.17) is 9.84 Å². The fourth-order valence-corrected chi connectivity index (χ4v) is 2.40. The molecule has 0 aliphatic heterocycles. The highest BCUT2D eigenvalue weighted by atomic mass is 32.2. The molecular weight excluding hydrogens is 290 g/mol. The second kappa shape index (κ2) is 6.62. The van der Waals surface area contributed by atoms with E-state index in [2.05, 4.69) is 10.2 Å². The minimum absolute atomic E-state index is 0.287. The third kappa shape index (κ3) is 3.98. The monoisotopic (exact) mass is 307 g/mol. The summed E-state index contributed by atoms with van der Waals surface area (Å²) in [5.41, 5.74) is 1.12. The number of hydrogen-bond donors (Lipinski definition) is 1. The lowest BCUT2D eigenvalue weighted by atomic mass is 10.2. The first-order valence-electron chi connectivity index (χ1n) is 6.44. The zero-order chi connectivity index (χ0) is 15.4. The van der Waals surface area contributed by atoms with E-state index >= 15 is 0 Å². The summed E-state index contributed by atoms with van der Waals surface area (Å²) in [6, 6.07) is 7.75. The first-order valence-corrected chi connectivity index (χ1v) is 7.32. The number of hydrogen-bond acceptors (Lipinski definition) is 5. The lowest BCUT2D eigenvalue weighted by Crippen LogP contribution is -2.12. The van der Waals surface area contributed by atoms with Gasteiger partial charge in [-0.2, -0.15) is 0 Å². The summed E-state index contributed by atoms with van der Waals surface area (Å²) < 4.78 is 7.42. The van der Waals surface area contributed by atoms with Crippen LogP contribution in [0.25, 0.3) is 0 Å². The maximum absolute atomic E-state index is 10.9. The number of carbonyl (C=O) groups is 1. The Hall–Kier alpha value is -2.02. The molecule has 0 amide bonds. The quantitative estimate of drug-likeness (QED) is 0.825. The highest BCUT2D eigenvalue weighted by molar-refractivity contribution is 8.00. The third-order valence-electron chi connectivity index (χ3n) is 2.91. The molecule has 1 aromatic carbocycles. The van der Waals surface area contributed by atoms with Gasteiger partial charge in [0.15, 0.2) is 11.0 Å². The van der Waals surface area contributed by atoms with Crippen LogP contribution in [0.5, 0.6) is 5.75 Å². The molecule has 0 aliphatic carbocycles. The van der Waals surface area contributed by atoms with Crippen LogP contribution >= 0.6 is 11.8 Å². The normalized spacial score (nSPS) is 12.1. The van der Waals surface area contributed by atoms with Gasteiger partial charge < -0.3 is 14.4 Å². The van der Waals surface area contributed by atoms with Crippen LogP contribution in [-0.2, 0) is 18.4 Å². The smallest absolute Gasteiger partial charge is 0.316 e. The summed E-state index contributed by atoms with van der Waals surface area (Å²) in [6.07, 6.45) is 0. The molecule has 0 saturated heterocycles. The molecule has 1 aromatic heterocycles. The Morgan fingerprint density at radius 3 is 2.90 bits per heavy atom. The Kier molecular flexibility index (Phi) is 4.85. The highest BCUT2D eigenvalue weighted by Gasteiger charge is 2.17. The fraction of sp³-hybridized carbons (Fsp3) is 0.357. The van der Waals surface area contributed by atoms with Gasteiger partial charge in [-0.15, -0.1) is 10.2 Å². The Bertz CT molecular complexity index is 642. The molecule has 0 fully saturated rings. The van der Waals surface area contributed by atoms with E-state index in [0.29, 0.717) is 11.0 Å². The summed E-state index contributed by atoms with van der Waals surface area (Å²) in [5, 5.41) is 16.9. The molecule has 1 N–H and O–H groups in total. The van der Waals surface area contributed by atoms with E-state index < -0.39 is 11.2 Å². The van der Waals surface area contributed by atoms with Crippen molar-refractivity contribution in [1.29, 1.82) is 0 Å². The summed E-state index contributed by atoms with van der Waals surface area (Å²) in [4.78, 5) is 10.9. The Morgan fingerprint density at radius 2 is 2.24 bits per heavy atom. The molecule has 21 heavy (non-hydrogen) atoms. The van der Waals surface area contributed by atoms with E-state index in [0.717, 1.165) is 23.1 Å². The average molecular weight is 307 g/mol. The summed E-state index contributed by atoms with van der Waals surface area (Å²) in [6.45, 7) is 3.90. The van der Waals surface area contributed by atoms with Crippen LogP contribution in [0.3, 0.4) is 0 Å². The van der Waals surface area contributed by atoms with Crippen molar-refractivity contribution in [3.05, 3.63) is 35.7 Å². The maximum Gasteiger partial charge on any atom is 0.316 e. The minimum Gasteiger partial charge on any atom is -0.486 e. The molecular formula is C14H17N3O3S. The van der Waals surface area contributed by atoms with Gasteiger partial charge in [-0.25, -0.2) is 0 Å². The van der Waals surface area contributed by atoms with Gasteiger partial charge in [-0.3, -0.25) is 4.79 Å². The van der Waals surface area contributed by atoms with Gasteiger partial charge in [-0.05, 0) is 31.5 Å². The molecule has 0 spiro atoms. The molecule has 0 saturated carbocycles. The topological polar surface area (TPSA) is 77.2 Å². The van der Waals surface area contributed by atoms with E-state index in [1.165, 1.54) is 0 Å². The number of aryl methyl sites for hydroxylation is 1. The molecule has 2 rings (SSSR count). The lowest BCUT2D eigenvalue weighted by molar-refractivity contribution is -0.136. The molecule has 112 valence electrons. The molecule has 0 radical (unpaired) electrons. The number of nitrogens with zero attached hydrogens (tertiary/aromatic N) is 3. The largest absolute Gasteiger partial charge is 0.486 e. The number of thioether (sulfide) groups is 1. The molecule has 6 nitrogen and oxygen atoms in total. The maximum atomic E-state index is 10.9. The summed E-state index contributed by atoms with van der Waals surface area (Å²) >= 11 is 1.16. The lowest BCUT2D eigenvalue weighted by Gasteiger charge is -2.08. The van der Waals surface area contributed by atoms with Crippen LogP contribution in [0.15, 0.2) is 29.4 Å². The Morgan fingerprint density at radius 1 is 1.48 bits per heavy atom. The fourth-order valence-electron chi connectivity index (χ4n) is 1.63. The van der Waals surface area contributed by atoms with Gasteiger partial charge >= 0.3 is 5.97 Å². The predicted molar refractivity (Wildman–Crippen MR) is 79.5 cm³/mol. The first-order chi connectivity index (χ1) is 9.97. The number of ether oxygens (including phenoxy) is 1. The molecule has 0 bridgehead atoms. The number of carboxylic acid groups (broad SMARTS) is 1. The number of carboxylic acids is 1. The highest BCUT2D eigenvalue weighted by Crippen LogP contribution is 2.22. The zero-order valence-electron chi connectivity index (χ0n) is 12.1. The van der Waals surface area contributed by atoms with Crippen molar-refractivity contribution in [3.63, 3.8) is 0 Å². The van der Waals surface area contributed by atoms with Gasteiger partial charge in [0.05, 0.1) is 0 Å². The van der Waals surface area contributed by atoms with E-state index in [9.17, 15) is 4.79 Å². The third-order valence-corrected chi connectivity index (χ3v) is 4.03. The van der Waals surface area contributed by atoms with Crippen molar-refractivity contribution in [2.45, 2.75) is 30.9 Å². The van der Waals surface area contributed by atoms with Crippen LogP contribution in [0.4, 0.5) is 0 Å². The van der Waals surface area contributed by atoms with E-state index in [1.807, 2.05) is 31.2 Å². The van der Waals surface area contributed by atoms with Crippen LogP contribution in [0.1, 0.15) is 18.3 Å². The van der Waals surface area contributed by atoms with Crippen LogP contribution in [0.2, 0.25) is 0 Å². The second-order valence-electron chi connectivity index (χ2n) is 4.66. The summed E-state index contributed by atoms with van der Waals surface area (Å²) in [7, 11) is 1.80. The summed E-state index contributed by atoms with van der Waals surface area (Å²) in [5.74, 6) is 0.545. The molecule has 2 aromatic rings. The van der Waals surface area contributed by atoms with Gasteiger partial charge in [0, 0.05) is 7.05 Å². The van der Waals surface area contributed by atoms with Gasteiger partial charge in [0.2, 0.25) is 0 Å². The number of aliphatic carboxylic acids is 1. The minimum atomic E-state index is -0.874. The standard InChI is InChI=1S/C14H17N3O3S/c1-9-5-4-6-11(7-9)20-8-12-15-16-14(17(12)3)21-10(2)13(18)19/h4-7,10H,8H2,1-3H3,(H,18,19)/t10-/m1/s1. The molecule has 0 aliphatic rings. The van der Waals surface area contributed by atoms with Gasteiger partial charge in [-0.1, -0.05) is 23.9 Å². The average Bonchev–Trinajstić information content (AvgIpc) is 2.77. The Labute approximate surface area is 127 Å². The molecule has 7 heteroatoms. The second-order valence-corrected chi connectivity index (χ2v) is 5.97. The van der Waals surface area contributed by atoms with Crippen LogP contribution < -0.4 is 4.74 Å². The van der Waals surface area contributed by atoms with E-state index in [-0.39, 0.29) is 6.61 Å². The molecule has 1 atom stereocenters. The van der Waals surface area contributed by atoms with Gasteiger partial charge in [0.25, 0.3) is 0 Å². The number of aromatic nitrogens is 3. The van der Waals surface area contributed by atoms with Gasteiger partial charge in [0.1, 0.15) is 17.6 Å². The van der Waals surface area contributed by atoms with Crippen molar-refractivity contribution in [2.75, 3.05) is 0 Å². The number of rotatable bonds is 6. The Balaban J connectivity index is 2.02. The van der Waals surface area contributed by atoms with Crippen LogP contribution in [-0.4, -0.2) is 31.1 Å². The van der Waals surface area contributed by atoms with E-state index in [1.54, 1.807) is 18.5 Å². The van der Waals surface area contributed by atoms with Crippen molar-refractivity contribution >= 4 is 17.7 Å². The first kappa shape index (κ1) is 15.4. The van der Waals surface area contributed by atoms with Crippen molar-refractivity contribution in [3.8, 4) is 5.75 Å². The molecule has 0 unspecified atom stereocenters. The van der Waals surface area contributed by atoms with Crippen molar-refractivity contribution in [2.24, 2.45) is 7.05 Å². The SMILES string of the molecule is Cc1cccc(OCc2nnc(S[C@H](C)C(=O)O)n2C)c1. The molecule has 1 heterocycles.